The van der Waals surface area contributed by atoms with Crippen LogP contribution in [0.3, 0.4) is 0 Å². The lowest BCUT2D eigenvalue weighted by Crippen LogP contribution is -2.41. The molecule has 1 amide bonds. The molecule has 8 rings (SSSR count). The molecule has 0 spiro atoms. The van der Waals surface area contributed by atoms with E-state index in [1.54, 1.807) is 19.2 Å². The molecule has 0 radical (unpaired) electrons. The summed E-state index contributed by atoms with van der Waals surface area (Å²) in [5.74, 6) is 2.43. The summed E-state index contributed by atoms with van der Waals surface area (Å²) in [7, 11) is 0.298. The number of imidazole rings is 1. The number of fused-ring (bicyclic) bond motifs is 4. The third-order valence-corrected chi connectivity index (χ3v) is 10.7. The van der Waals surface area contributed by atoms with Crippen molar-refractivity contribution in [3.63, 3.8) is 0 Å². The summed E-state index contributed by atoms with van der Waals surface area (Å²) in [6.07, 6.45) is 5.61. The monoisotopic (exact) mass is 638 g/mol. The first kappa shape index (κ1) is 29.1. The van der Waals surface area contributed by atoms with Crippen molar-refractivity contribution in [1.82, 2.24) is 19.0 Å². The van der Waals surface area contributed by atoms with E-state index in [0.29, 0.717) is 35.4 Å². The minimum Gasteiger partial charge on any atom is -0.494 e. The highest BCUT2D eigenvalue weighted by Gasteiger charge is 2.47. The van der Waals surface area contributed by atoms with Gasteiger partial charge in [-0.2, -0.15) is 0 Å². The maximum atomic E-state index is 13.7. The zero-order chi connectivity index (χ0) is 31.9. The van der Waals surface area contributed by atoms with Crippen LogP contribution >= 0.6 is 0 Å². The van der Waals surface area contributed by atoms with Crippen molar-refractivity contribution in [3.05, 3.63) is 66.2 Å². The molecule has 3 atom stereocenters. The van der Waals surface area contributed by atoms with Gasteiger partial charge in [-0.1, -0.05) is 24.3 Å². The molecule has 2 bridgehead atoms. The minimum atomic E-state index is -3.34. The summed E-state index contributed by atoms with van der Waals surface area (Å²) in [4.78, 5) is 20.8. The molecule has 2 aromatic heterocycles. The second-order valence-corrected chi connectivity index (χ2v) is 15.0. The Morgan fingerprint density at radius 1 is 1.02 bits per heavy atom. The number of sulfonamides is 1. The van der Waals surface area contributed by atoms with Crippen LogP contribution < -0.4 is 15.2 Å². The van der Waals surface area contributed by atoms with E-state index in [4.69, 9.17) is 15.5 Å². The molecule has 3 fully saturated rings. The highest BCUT2D eigenvalue weighted by molar-refractivity contribution is 7.92. The van der Waals surface area contributed by atoms with Crippen molar-refractivity contribution in [3.8, 4) is 28.4 Å². The molecule has 46 heavy (non-hydrogen) atoms. The van der Waals surface area contributed by atoms with Gasteiger partial charge in [-0.15, -0.1) is 0 Å². The first-order valence-electron chi connectivity index (χ1n) is 15.9. The third-order valence-electron chi connectivity index (χ3n) is 10.1. The number of nitrogens with two attached hydrogens (primary N) is 1. The molecule has 3 aliphatic rings. The van der Waals surface area contributed by atoms with Crippen molar-refractivity contribution in [2.24, 2.45) is 24.6 Å². The number of nitrogens with zero attached hydrogens (tertiary/aromatic N) is 4. The summed E-state index contributed by atoms with van der Waals surface area (Å²) in [6.45, 7) is 1.60. The Morgan fingerprint density at radius 3 is 2.43 bits per heavy atom. The number of carbonyl (C=O) groups is 1. The van der Waals surface area contributed by atoms with Gasteiger partial charge in [0.2, 0.25) is 10.0 Å². The molecule has 2 saturated carbocycles. The average Bonchev–Trinajstić information content (AvgIpc) is 3.44. The van der Waals surface area contributed by atoms with Gasteiger partial charge in [-0.05, 0) is 85.0 Å². The lowest BCUT2D eigenvalue weighted by Gasteiger charge is -2.27. The Balaban J connectivity index is 1.20. The Labute approximate surface area is 268 Å². The molecular formula is C35H38N6O4S. The molecule has 238 valence electrons. The van der Waals surface area contributed by atoms with Gasteiger partial charge in [-0.25, -0.2) is 13.4 Å². The number of rotatable bonds is 8. The number of aromatic nitrogens is 3. The second-order valence-electron chi connectivity index (χ2n) is 13.3. The maximum absolute atomic E-state index is 13.7. The quantitative estimate of drug-likeness (QED) is 0.240. The van der Waals surface area contributed by atoms with Gasteiger partial charge in [0.25, 0.3) is 5.91 Å². The van der Waals surface area contributed by atoms with Gasteiger partial charge < -0.3 is 24.5 Å². The molecule has 3 aromatic carbocycles. The molecule has 2 aliphatic carbocycles. The number of amides is 1. The SMILES string of the molecule is COc1cc(C(=O)N2CC3CCC2C3N)cc2nc(-c3cc4ccc(-c5ccc(NS(C)(=O)=O)cc5)cc4n3CC3CC3)n(C)c12. The number of nitrogens with one attached hydrogen (secondary N) is 1. The molecule has 3 unspecified atom stereocenters. The largest absolute Gasteiger partial charge is 0.494 e. The summed E-state index contributed by atoms with van der Waals surface area (Å²) in [6, 6.07) is 20.0. The van der Waals surface area contributed by atoms with E-state index >= 15 is 0 Å². The smallest absolute Gasteiger partial charge is 0.254 e. The number of benzene rings is 3. The Bertz CT molecular complexity index is 2130. The number of likely N-dealkylation sites (tertiary alicyclic amines) is 1. The highest BCUT2D eigenvalue weighted by Crippen LogP contribution is 2.41. The highest BCUT2D eigenvalue weighted by atomic mass is 32.2. The van der Waals surface area contributed by atoms with Crippen LogP contribution in [0.2, 0.25) is 0 Å². The normalized spacial score (nSPS) is 21.0. The van der Waals surface area contributed by atoms with Gasteiger partial charge in [0.05, 0.1) is 24.6 Å². The summed E-state index contributed by atoms with van der Waals surface area (Å²) >= 11 is 0. The van der Waals surface area contributed by atoms with Gasteiger partial charge in [0, 0.05) is 54.4 Å². The van der Waals surface area contributed by atoms with Gasteiger partial charge in [0.15, 0.2) is 5.82 Å². The molecule has 1 aliphatic heterocycles. The fourth-order valence-electron chi connectivity index (χ4n) is 7.59. The van der Waals surface area contributed by atoms with Crippen LogP contribution in [0.1, 0.15) is 36.0 Å². The van der Waals surface area contributed by atoms with Crippen LogP contribution in [-0.4, -0.2) is 65.3 Å². The number of ether oxygens (including phenoxy) is 1. The predicted octanol–water partition coefficient (Wildman–Crippen LogP) is 5.21. The van der Waals surface area contributed by atoms with Crippen LogP contribution in [-0.2, 0) is 23.6 Å². The molecule has 1 saturated heterocycles. The average molecular weight is 639 g/mol. The van der Waals surface area contributed by atoms with Gasteiger partial charge in [-0.3, -0.25) is 9.52 Å². The van der Waals surface area contributed by atoms with E-state index in [-0.39, 0.29) is 18.0 Å². The van der Waals surface area contributed by atoms with Crippen LogP contribution in [0.5, 0.6) is 5.75 Å². The van der Waals surface area contributed by atoms with Crippen molar-refractivity contribution in [2.75, 3.05) is 24.6 Å². The van der Waals surface area contributed by atoms with E-state index < -0.39 is 10.0 Å². The fourth-order valence-corrected chi connectivity index (χ4v) is 8.15. The molecule has 3 N–H and O–H groups in total. The zero-order valence-corrected chi connectivity index (χ0v) is 27.0. The Kier molecular flexibility index (Phi) is 6.70. The minimum absolute atomic E-state index is 0.00874. The van der Waals surface area contributed by atoms with Gasteiger partial charge in [0.1, 0.15) is 11.3 Å². The predicted molar refractivity (Wildman–Crippen MR) is 180 cm³/mol. The first-order valence-corrected chi connectivity index (χ1v) is 17.8. The Hall–Kier alpha value is -4.35. The lowest BCUT2D eigenvalue weighted by molar-refractivity contribution is 0.0700. The molecular weight excluding hydrogens is 600 g/mol. The van der Waals surface area contributed by atoms with E-state index in [1.807, 2.05) is 36.2 Å². The summed E-state index contributed by atoms with van der Waals surface area (Å²) < 4.78 is 36.1. The van der Waals surface area contributed by atoms with Crippen LogP contribution in [0.4, 0.5) is 5.69 Å². The van der Waals surface area contributed by atoms with Crippen LogP contribution in [0.25, 0.3) is 44.6 Å². The van der Waals surface area contributed by atoms with E-state index in [2.05, 4.69) is 38.1 Å². The van der Waals surface area contributed by atoms with E-state index in [1.165, 1.54) is 12.8 Å². The van der Waals surface area contributed by atoms with Crippen LogP contribution in [0.15, 0.2) is 60.7 Å². The molecule has 10 nitrogen and oxygen atoms in total. The van der Waals surface area contributed by atoms with E-state index in [9.17, 15) is 13.2 Å². The van der Waals surface area contributed by atoms with Crippen molar-refractivity contribution in [1.29, 1.82) is 0 Å². The number of hydrogen-bond donors (Lipinski definition) is 2. The number of hydrogen-bond acceptors (Lipinski definition) is 6. The molecule has 11 heteroatoms. The number of methoxy groups -OCH3 is 1. The number of carbonyl (C=O) groups excluding carboxylic acids is 1. The Morgan fingerprint density at radius 2 is 1.78 bits per heavy atom. The van der Waals surface area contributed by atoms with Crippen molar-refractivity contribution < 1.29 is 17.9 Å². The number of piperidine rings is 1. The van der Waals surface area contributed by atoms with Crippen molar-refractivity contribution in [2.45, 2.75) is 44.3 Å². The second kappa shape index (κ2) is 10.6. The number of aryl methyl sites for hydroxylation is 1. The first-order chi connectivity index (χ1) is 22.1. The summed E-state index contributed by atoms with van der Waals surface area (Å²) in [5, 5.41) is 1.12. The lowest BCUT2D eigenvalue weighted by atomic mass is 10.0. The van der Waals surface area contributed by atoms with Gasteiger partial charge >= 0.3 is 0 Å². The third kappa shape index (κ3) is 4.93. The van der Waals surface area contributed by atoms with Crippen LogP contribution in [0, 0.1) is 11.8 Å². The fraction of sp³-hybridized carbons (Fsp3) is 0.371. The summed E-state index contributed by atoms with van der Waals surface area (Å²) in [5.41, 5.74) is 13.3. The topological polar surface area (TPSA) is 124 Å². The number of anilines is 1. The standard InChI is InChI=1S/C35H38N6O4S/c1-39-33-27(14-25(17-31(33)45-2)35(42)41-19-24-10-13-28(41)32(24)36)37-34(39)30-16-23-7-6-22(15-29(23)40(30)18-20-4-5-20)21-8-11-26(12-9-21)38-46(3,43)44/h6-9,11-12,14-17,20,24,28,32,38H,4-5,10,13,18-19,36H2,1-3H3. The van der Waals surface area contributed by atoms with Crippen molar-refractivity contribution >= 4 is 43.6 Å². The molecule has 3 heterocycles. The zero-order valence-electron chi connectivity index (χ0n) is 26.2. The molecule has 5 aromatic rings. The van der Waals surface area contributed by atoms with E-state index in [0.717, 1.165) is 70.2 Å². The maximum Gasteiger partial charge on any atom is 0.254 e.